The van der Waals surface area contributed by atoms with Gasteiger partial charge in [0.1, 0.15) is 0 Å². The van der Waals surface area contributed by atoms with Gasteiger partial charge in [-0.05, 0) is 23.8 Å². The summed E-state index contributed by atoms with van der Waals surface area (Å²) in [5.41, 5.74) is 5.73. The summed E-state index contributed by atoms with van der Waals surface area (Å²) in [6.45, 7) is 0.227. The number of carbonyl (C=O) groups is 1. The highest BCUT2D eigenvalue weighted by atomic mass is 16.7. The number of aliphatic hydroxyl groups is 1. The minimum Gasteiger partial charge on any atom is -0.503 e. The van der Waals surface area contributed by atoms with Crippen molar-refractivity contribution in [3.8, 4) is 11.5 Å². The number of amides is 1. The Morgan fingerprint density at radius 3 is 2.88 bits per heavy atom. The van der Waals surface area contributed by atoms with E-state index in [-0.39, 0.29) is 6.79 Å². The first-order valence-corrected chi connectivity index (χ1v) is 4.93. The Hall–Kier alpha value is -2.43. The predicted octanol–water partition coefficient (Wildman–Crippen LogP) is 1.36. The molecular formula is C12H11NO4. The van der Waals surface area contributed by atoms with Gasteiger partial charge in [0.25, 0.3) is 5.91 Å². The number of hydrogen-bond donors (Lipinski definition) is 2. The lowest BCUT2D eigenvalue weighted by atomic mass is 10.2. The molecule has 0 bridgehead atoms. The van der Waals surface area contributed by atoms with Gasteiger partial charge in [0, 0.05) is 0 Å². The molecule has 1 aromatic carbocycles. The van der Waals surface area contributed by atoms with E-state index >= 15 is 0 Å². The first-order valence-electron chi connectivity index (χ1n) is 4.93. The molecule has 2 rings (SSSR count). The van der Waals surface area contributed by atoms with E-state index in [0.29, 0.717) is 11.5 Å². The molecule has 0 radical (unpaired) electrons. The minimum absolute atomic E-state index is 0.227. The highest BCUT2D eigenvalue weighted by molar-refractivity contribution is 5.89. The second-order valence-electron chi connectivity index (χ2n) is 3.39. The number of allylic oxidation sites excluding steroid dienone is 2. The standard InChI is InChI=1S/C12H11NO4/c13-12(15)9(14)3-1-2-8-4-5-10-11(6-8)17-7-16-10/h1-6,14H,7H2,(H2,13,15). The molecule has 1 aliphatic rings. The maximum Gasteiger partial charge on any atom is 0.283 e. The summed E-state index contributed by atoms with van der Waals surface area (Å²) < 4.78 is 10.4. The van der Waals surface area contributed by atoms with E-state index in [2.05, 4.69) is 0 Å². The average molecular weight is 233 g/mol. The van der Waals surface area contributed by atoms with Crippen molar-refractivity contribution in [2.45, 2.75) is 0 Å². The number of fused-ring (bicyclic) bond motifs is 1. The molecule has 1 aliphatic heterocycles. The van der Waals surface area contributed by atoms with Gasteiger partial charge in [0.05, 0.1) is 0 Å². The molecule has 1 aromatic rings. The molecule has 5 heteroatoms. The van der Waals surface area contributed by atoms with Gasteiger partial charge < -0.3 is 20.3 Å². The van der Waals surface area contributed by atoms with Crippen LogP contribution in [0.1, 0.15) is 5.56 Å². The minimum atomic E-state index is -0.861. The number of carbonyl (C=O) groups excluding carboxylic acids is 1. The van der Waals surface area contributed by atoms with Crippen molar-refractivity contribution in [3.05, 3.63) is 41.7 Å². The van der Waals surface area contributed by atoms with Gasteiger partial charge in [0.15, 0.2) is 17.3 Å². The van der Waals surface area contributed by atoms with Gasteiger partial charge in [-0.2, -0.15) is 0 Å². The lowest BCUT2D eigenvalue weighted by Gasteiger charge is -1.96. The summed E-state index contributed by atoms with van der Waals surface area (Å²) in [6, 6.07) is 5.42. The van der Waals surface area contributed by atoms with E-state index in [1.165, 1.54) is 12.2 Å². The zero-order valence-electron chi connectivity index (χ0n) is 8.92. The van der Waals surface area contributed by atoms with Crippen LogP contribution in [0.4, 0.5) is 0 Å². The number of primary amides is 1. The lowest BCUT2D eigenvalue weighted by Crippen LogP contribution is -2.12. The van der Waals surface area contributed by atoms with E-state index < -0.39 is 11.7 Å². The summed E-state index contributed by atoms with van der Waals surface area (Å²) in [6.07, 6.45) is 4.46. The molecule has 88 valence electrons. The van der Waals surface area contributed by atoms with Gasteiger partial charge in [-0.1, -0.05) is 18.2 Å². The maximum atomic E-state index is 10.5. The fraction of sp³-hybridized carbons (Fsp3) is 0.0833. The molecular weight excluding hydrogens is 222 g/mol. The van der Waals surface area contributed by atoms with Crippen LogP contribution in [0.25, 0.3) is 6.08 Å². The van der Waals surface area contributed by atoms with Crippen LogP contribution < -0.4 is 15.2 Å². The molecule has 0 spiro atoms. The van der Waals surface area contributed by atoms with Crippen molar-refractivity contribution in [2.75, 3.05) is 6.79 Å². The van der Waals surface area contributed by atoms with Crippen molar-refractivity contribution >= 4 is 12.0 Å². The van der Waals surface area contributed by atoms with Gasteiger partial charge in [-0.3, -0.25) is 4.79 Å². The second-order valence-corrected chi connectivity index (χ2v) is 3.39. The summed E-state index contributed by atoms with van der Waals surface area (Å²) in [5.74, 6) is 0.0373. The van der Waals surface area contributed by atoms with Crippen LogP contribution in [0, 0.1) is 0 Å². The Labute approximate surface area is 97.8 Å². The zero-order chi connectivity index (χ0) is 12.3. The van der Waals surface area contributed by atoms with Crippen molar-refractivity contribution in [3.63, 3.8) is 0 Å². The van der Waals surface area contributed by atoms with Crippen LogP contribution in [0.3, 0.4) is 0 Å². The van der Waals surface area contributed by atoms with Gasteiger partial charge in [0.2, 0.25) is 6.79 Å². The van der Waals surface area contributed by atoms with Crippen LogP contribution in [-0.2, 0) is 4.79 Å². The highest BCUT2D eigenvalue weighted by Crippen LogP contribution is 2.32. The number of rotatable bonds is 3. The molecule has 3 N–H and O–H groups in total. The monoisotopic (exact) mass is 233 g/mol. The van der Waals surface area contributed by atoms with Crippen molar-refractivity contribution in [1.29, 1.82) is 0 Å². The Morgan fingerprint density at radius 2 is 2.12 bits per heavy atom. The molecule has 5 nitrogen and oxygen atoms in total. The van der Waals surface area contributed by atoms with Crippen molar-refractivity contribution < 1.29 is 19.4 Å². The van der Waals surface area contributed by atoms with E-state index in [4.69, 9.17) is 20.3 Å². The summed E-state index contributed by atoms with van der Waals surface area (Å²) in [5, 5.41) is 9.05. The van der Waals surface area contributed by atoms with E-state index in [1.807, 2.05) is 6.07 Å². The SMILES string of the molecule is NC(=O)C(O)=CC=Cc1ccc2c(c1)OCO2. The van der Waals surface area contributed by atoms with Crippen LogP contribution in [0.2, 0.25) is 0 Å². The highest BCUT2D eigenvalue weighted by Gasteiger charge is 2.11. The summed E-state index contributed by atoms with van der Waals surface area (Å²) in [4.78, 5) is 10.5. The van der Waals surface area contributed by atoms with Crippen LogP contribution in [-0.4, -0.2) is 17.8 Å². The lowest BCUT2D eigenvalue weighted by molar-refractivity contribution is -0.116. The van der Waals surface area contributed by atoms with Crippen LogP contribution >= 0.6 is 0 Å². The van der Waals surface area contributed by atoms with Crippen molar-refractivity contribution in [2.24, 2.45) is 5.73 Å². The molecule has 0 unspecified atom stereocenters. The number of nitrogens with two attached hydrogens (primary N) is 1. The molecule has 0 atom stereocenters. The van der Waals surface area contributed by atoms with Gasteiger partial charge in [-0.25, -0.2) is 0 Å². The Morgan fingerprint density at radius 1 is 1.35 bits per heavy atom. The first kappa shape index (κ1) is 11.1. The summed E-state index contributed by atoms with van der Waals surface area (Å²) in [7, 11) is 0. The molecule has 1 amide bonds. The molecule has 0 saturated carbocycles. The third kappa shape index (κ3) is 2.57. The zero-order valence-corrected chi connectivity index (χ0v) is 8.92. The Bertz CT molecular complexity index is 505. The van der Waals surface area contributed by atoms with Crippen LogP contribution in [0.5, 0.6) is 11.5 Å². The fourth-order valence-electron chi connectivity index (χ4n) is 1.35. The quantitative estimate of drug-likeness (QED) is 0.469. The third-order valence-corrected chi connectivity index (χ3v) is 2.19. The van der Waals surface area contributed by atoms with E-state index in [9.17, 15) is 4.79 Å². The molecule has 0 aromatic heterocycles. The Balaban J connectivity index is 2.12. The number of hydrogen-bond acceptors (Lipinski definition) is 4. The van der Waals surface area contributed by atoms with E-state index in [0.717, 1.165) is 5.56 Å². The first-order chi connectivity index (χ1) is 8.16. The summed E-state index contributed by atoms with van der Waals surface area (Å²) >= 11 is 0. The smallest absolute Gasteiger partial charge is 0.283 e. The second kappa shape index (κ2) is 4.61. The molecule has 17 heavy (non-hydrogen) atoms. The van der Waals surface area contributed by atoms with Gasteiger partial charge >= 0.3 is 0 Å². The number of ether oxygens (including phenoxy) is 2. The number of aliphatic hydroxyl groups excluding tert-OH is 1. The maximum absolute atomic E-state index is 10.5. The third-order valence-electron chi connectivity index (χ3n) is 2.19. The molecule has 0 saturated heterocycles. The topological polar surface area (TPSA) is 81.8 Å². The largest absolute Gasteiger partial charge is 0.503 e. The fourth-order valence-corrected chi connectivity index (χ4v) is 1.35. The molecule has 0 fully saturated rings. The Kier molecular flexibility index (Phi) is 3.00. The normalized spacial score (nSPS) is 14.2. The van der Waals surface area contributed by atoms with E-state index in [1.54, 1.807) is 18.2 Å². The average Bonchev–Trinajstić information content (AvgIpc) is 2.75. The van der Waals surface area contributed by atoms with Crippen LogP contribution in [0.15, 0.2) is 36.1 Å². The predicted molar refractivity (Wildman–Crippen MR) is 61.5 cm³/mol. The van der Waals surface area contributed by atoms with Crippen molar-refractivity contribution in [1.82, 2.24) is 0 Å². The van der Waals surface area contributed by atoms with Gasteiger partial charge in [-0.15, -0.1) is 0 Å². The number of benzene rings is 1. The molecule has 1 heterocycles. The molecule has 0 aliphatic carbocycles.